The van der Waals surface area contributed by atoms with Crippen molar-refractivity contribution in [2.45, 2.75) is 33.7 Å². The summed E-state index contributed by atoms with van der Waals surface area (Å²) < 4.78 is 0. The molecule has 1 aromatic rings. The summed E-state index contributed by atoms with van der Waals surface area (Å²) in [5.74, 6) is 0.885. The largest absolute Gasteiger partial charge is 0.352 e. The van der Waals surface area contributed by atoms with Gasteiger partial charge in [-0.1, -0.05) is 26.0 Å². The lowest BCUT2D eigenvalue weighted by Gasteiger charge is -2.23. The van der Waals surface area contributed by atoms with Gasteiger partial charge in [-0.15, -0.1) is 0 Å². The molecule has 0 saturated carbocycles. The van der Waals surface area contributed by atoms with Gasteiger partial charge in [0, 0.05) is 39.3 Å². The average Bonchev–Trinajstić information content (AvgIpc) is 2.79. The lowest BCUT2D eigenvalue weighted by molar-refractivity contribution is -0.114. The van der Waals surface area contributed by atoms with Crippen molar-refractivity contribution in [3.05, 3.63) is 29.8 Å². The molecule has 0 unspecified atom stereocenters. The Bertz CT molecular complexity index is 566. The Morgan fingerprint density at radius 2 is 2.18 bits per heavy atom. The molecule has 2 N–H and O–H groups in total. The summed E-state index contributed by atoms with van der Waals surface area (Å²) in [4.78, 5) is 17.8. The van der Waals surface area contributed by atoms with Gasteiger partial charge in [0.15, 0.2) is 5.96 Å². The number of likely N-dealkylation sites (tertiary alicyclic amines) is 1. The maximum Gasteiger partial charge on any atom is 0.221 e. The van der Waals surface area contributed by atoms with Crippen LogP contribution in [-0.4, -0.2) is 36.9 Å². The van der Waals surface area contributed by atoms with Crippen LogP contribution in [0.4, 0.5) is 5.69 Å². The summed E-state index contributed by atoms with van der Waals surface area (Å²) in [6, 6.07) is 7.86. The molecule has 120 valence electrons. The predicted molar refractivity (Wildman–Crippen MR) is 90.9 cm³/mol. The first-order valence-corrected chi connectivity index (χ1v) is 7.72. The molecule has 22 heavy (non-hydrogen) atoms. The highest BCUT2D eigenvalue weighted by Gasteiger charge is 2.30. The fraction of sp³-hybridized carbons (Fsp3) is 0.529. The maximum absolute atomic E-state index is 11.1. The molecule has 1 saturated heterocycles. The average molecular weight is 302 g/mol. The number of rotatable bonds is 3. The minimum absolute atomic E-state index is 0.0554. The Morgan fingerprint density at radius 1 is 1.41 bits per heavy atom. The van der Waals surface area contributed by atoms with E-state index in [0.717, 1.165) is 30.3 Å². The number of amides is 1. The SMILES string of the molecule is CN=C(NCc1cccc(NC(C)=O)c1)N1CCC(C)(C)C1. The van der Waals surface area contributed by atoms with Crippen molar-refractivity contribution in [1.82, 2.24) is 10.2 Å². The molecule has 1 aliphatic heterocycles. The smallest absolute Gasteiger partial charge is 0.221 e. The highest BCUT2D eigenvalue weighted by molar-refractivity contribution is 5.88. The van der Waals surface area contributed by atoms with E-state index in [4.69, 9.17) is 0 Å². The fourth-order valence-electron chi connectivity index (χ4n) is 2.77. The summed E-state index contributed by atoms with van der Waals surface area (Å²) in [6.45, 7) is 8.85. The molecule has 1 amide bonds. The number of nitrogens with one attached hydrogen (secondary N) is 2. The Balaban J connectivity index is 1.95. The molecule has 0 radical (unpaired) electrons. The molecular formula is C17H26N4O. The van der Waals surface area contributed by atoms with Gasteiger partial charge in [-0.05, 0) is 29.5 Å². The number of hydrogen-bond acceptors (Lipinski definition) is 2. The topological polar surface area (TPSA) is 56.7 Å². The Hall–Kier alpha value is -2.04. The molecular weight excluding hydrogens is 276 g/mol. The first-order valence-electron chi connectivity index (χ1n) is 7.72. The molecule has 1 fully saturated rings. The number of guanidine groups is 1. The van der Waals surface area contributed by atoms with Crippen LogP contribution in [0.15, 0.2) is 29.3 Å². The van der Waals surface area contributed by atoms with E-state index in [-0.39, 0.29) is 5.91 Å². The highest BCUT2D eigenvalue weighted by atomic mass is 16.1. The normalized spacial score (nSPS) is 17.5. The molecule has 2 rings (SSSR count). The van der Waals surface area contributed by atoms with E-state index in [0.29, 0.717) is 12.0 Å². The summed E-state index contributed by atoms with van der Waals surface area (Å²) >= 11 is 0. The van der Waals surface area contributed by atoms with Gasteiger partial charge in [0.25, 0.3) is 0 Å². The van der Waals surface area contributed by atoms with Gasteiger partial charge >= 0.3 is 0 Å². The van der Waals surface area contributed by atoms with Gasteiger partial charge in [0.2, 0.25) is 5.91 Å². The standard InChI is InChI=1S/C17H26N4O/c1-13(22)20-15-7-5-6-14(10-15)11-19-16(18-4)21-9-8-17(2,3)12-21/h5-7,10H,8-9,11-12H2,1-4H3,(H,18,19)(H,20,22). The lowest BCUT2D eigenvalue weighted by Crippen LogP contribution is -2.40. The van der Waals surface area contributed by atoms with Gasteiger partial charge in [-0.2, -0.15) is 0 Å². The fourth-order valence-corrected chi connectivity index (χ4v) is 2.77. The van der Waals surface area contributed by atoms with Crippen LogP contribution in [0.25, 0.3) is 0 Å². The van der Waals surface area contributed by atoms with E-state index in [1.54, 1.807) is 0 Å². The number of benzene rings is 1. The van der Waals surface area contributed by atoms with Crippen LogP contribution in [0.1, 0.15) is 32.8 Å². The van der Waals surface area contributed by atoms with Crippen molar-refractivity contribution in [2.24, 2.45) is 10.4 Å². The van der Waals surface area contributed by atoms with E-state index in [2.05, 4.69) is 34.4 Å². The van der Waals surface area contributed by atoms with Crippen molar-refractivity contribution < 1.29 is 4.79 Å². The third kappa shape index (κ3) is 4.48. The summed E-state index contributed by atoms with van der Waals surface area (Å²) in [5, 5.41) is 6.21. The monoisotopic (exact) mass is 302 g/mol. The van der Waals surface area contributed by atoms with Crippen LogP contribution < -0.4 is 10.6 Å². The molecule has 0 aliphatic carbocycles. The van der Waals surface area contributed by atoms with E-state index < -0.39 is 0 Å². The van der Waals surface area contributed by atoms with Gasteiger partial charge < -0.3 is 15.5 Å². The van der Waals surface area contributed by atoms with Crippen molar-refractivity contribution in [1.29, 1.82) is 0 Å². The quantitative estimate of drug-likeness (QED) is 0.666. The van der Waals surface area contributed by atoms with E-state index in [1.165, 1.54) is 13.3 Å². The lowest BCUT2D eigenvalue weighted by atomic mass is 9.93. The molecule has 0 spiro atoms. The van der Waals surface area contributed by atoms with Crippen LogP contribution in [0.5, 0.6) is 0 Å². The van der Waals surface area contributed by atoms with Crippen LogP contribution in [-0.2, 0) is 11.3 Å². The number of hydrogen-bond donors (Lipinski definition) is 2. The Morgan fingerprint density at radius 3 is 2.77 bits per heavy atom. The summed E-state index contributed by atoms with van der Waals surface area (Å²) in [5.41, 5.74) is 2.29. The van der Waals surface area contributed by atoms with Crippen molar-refractivity contribution in [2.75, 3.05) is 25.5 Å². The van der Waals surface area contributed by atoms with Crippen molar-refractivity contribution in [3.63, 3.8) is 0 Å². The third-order valence-electron chi connectivity index (χ3n) is 3.89. The zero-order valence-electron chi connectivity index (χ0n) is 13.9. The molecule has 5 nitrogen and oxygen atoms in total. The van der Waals surface area contributed by atoms with Crippen LogP contribution in [0, 0.1) is 5.41 Å². The van der Waals surface area contributed by atoms with Gasteiger partial charge in [-0.3, -0.25) is 9.79 Å². The molecule has 1 aliphatic rings. The van der Waals surface area contributed by atoms with Crippen molar-refractivity contribution >= 4 is 17.6 Å². The molecule has 5 heteroatoms. The van der Waals surface area contributed by atoms with Gasteiger partial charge in [0.05, 0.1) is 0 Å². The van der Waals surface area contributed by atoms with Crippen molar-refractivity contribution in [3.8, 4) is 0 Å². The van der Waals surface area contributed by atoms with E-state index >= 15 is 0 Å². The van der Waals surface area contributed by atoms with Crippen LogP contribution >= 0.6 is 0 Å². The van der Waals surface area contributed by atoms with Gasteiger partial charge in [-0.25, -0.2) is 0 Å². The van der Waals surface area contributed by atoms with E-state index in [9.17, 15) is 4.79 Å². The highest BCUT2D eigenvalue weighted by Crippen LogP contribution is 2.28. The third-order valence-corrected chi connectivity index (χ3v) is 3.89. The predicted octanol–water partition coefficient (Wildman–Crippen LogP) is 2.45. The number of carbonyl (C=O) groups is 1. The molecule has 0 atom stereocenters. The summed E-state index contributed by atoms with van der Waals surface area (Å²) in [6.07, 6.45) is 1.19. The zero-order valence-corrected chi connectivity index (χ0v) is 13.9. The second-order valence-corrected chi connectivity index (χ2v) is 6.62. The van der Waals surface area contributed by atoms with Crippen LogP contribution in [0.3, 0.4) is 0 Å². The number of anilines is 1. The van der Waals surface area contributed by atoms with Crippen LogP contribution in [0.2, 0.25) is 0 Å². The zero-order chi connectivity index (χ0) is 16.2. The molecule has 1 heterocycles. The van der Waals surface area contributed by atoms with E-state index in [1.807, 2.05) is 31.3 Å². The number of carbonyl (C=O) groups excluding carboxylic acids is 1. The molecule has 0 bridgehead atoms. The first kappa shape index (κ1) is 16.3. The summed E-state index contributed by atoms with van der Waals surface area (Å²) in [7, 11) is 1.82. The number of nitrogens with zero attached hydrogens (tertiary/aromatic N) is 2. The van der Waals surface area contributed by atoms with Gasteiger partial charge in [0.1, 0.15) is 0 Å². The molecule has 0 aromatic heterocycles. The number of aliphatic imine (C=N–C) groups is 1. The maximum atomic E-state index is 11.1. The minimum atomic E-state index is -0.0554. The first-order chi connectivity index (χ1) is 10.4. The Kier molecular flexibility index (Phi) is 5.06. The molecule has 1 aromatic carbocycles. The second kappa shape index (κ2) is 6.81. The Labute approximate surface area is 132 Å². The minimum Gasteiger partial charge on any atom is -0.352 e. The second-order valence-electron chi connectivity index (χ2n) is 6.62.